The molecule has 2 aliphatic rings. The third kappa shape index (κ3) is 7.50. The zero-order chi connectivity index (χ0) is 30.4. The molecule has 0 saturated heterocycles. The summed E-state index contributed by atoms with van der Waals surface area (Å²) in [5.74, 6) is -1.72. The highest BCUT2D eigenvalue weighted by Crippen LogP contribution is 2.47. The molecule has 1 aromatic heterocycles. The van der Waals surface area contributed by atoms with Crippen LogP contribution in [0.15, 0.2) is 24.3 Å². The molecule has 1 aromatic carbocycles. The van der Waals surface area contributed by atoms with Gasteiger partial charge in [0.1, 0.15) is 11.5 Å². The Bertz CT molecular complexity index is 1230. The Morgan fingerprint density at radius 1 is 0.976 bits per heavy atom. The van der Waals surface area contributed by atoms with Crippen molar-refractivity contribution in [2.75, 3.05) is 11.9 Å². The van der Waals surface area contributed by atoms with Crippen LogP contribution in [0.2, 0.25) is 0 Å². The number of carbonyl (C=O) groups is 3. The van der Waals surface area contributed by atoms with Crippen molar-refractivity contribution >= 4 is 23.6 Å². The minimum absolute atomic E-state index is 0.0215. The number of hydrogen-bond donors (Lipinski definition) is 3. The first-order valence-electron chi connectivity index (χ1n) is 15.5. The summed E-state index contributed by atoms with van der Waals surface area (Å²) in [4.78, 5) is 37.7. The van der Waals surface area contributed by atoms with Gasteiger partial charge in [-0.1, -0.05) is 77.2 Å². The predicted octanol–water partition coefficient (Wildman–Crippen LogP) is 6.40. The van der Waals surface area contributed by atoms with E-state index >= 15 is 4.39 Å². The van der Waals surface area contributed by atoms with Crippen molar-refractivity contribution in [3.63, 3.8) is 0 Å². The zero-order valence-corrected chi connectivity index (χ0v) is 25.1. The molecule has 0 aliphatic heterocycles. The predicted molar refractivity (Wildman–Crippen MR) is 159 cm³/mol. The molecule has 10 heteroatoms. The summed E-state index contributed by atoms with van der Waals surface area (Å²) in [7, 11) is 0. The number of ether oxygens (including phenoxy) is 1. The van der Waals surface area contributed by atoms with Gasteiger partial charge in [0.2, 0.25) is 5.91 Å². The molecule has 0 bridgehead atoms. The van der Waals surface area contributed by atoms with Crippen LogP contribution < -0.4 is 16.8 Å². The van der Waals surface area contributed by atoms with Gasteiger partial charge in [-0.2, -0.15) is 5.10 Å². The van der Waals surface area contributed by atoms with Gasteiger partial charge >= 0.3 is 6.09 Å². The van der Waals surface area contributed by atoms with Crippen molar-refractivity contribution in [1.82, 2.24) is 9.78 Å². The Balaban J connectivity index is 1.72. The Morgan fingerprint density at radius 2 is 1.57 bits per heavy atom. The summed E-state index contributed by atoms with van der Waals surface area (Å²) in [6, 6.07) is 6.14. The number of anilines is 1. The Kier molecular flexibility index (Phi) is 10.6. The van der Waals surface area contributed by atoms with Gasteiger partial charge in [-0.05, 0) is 55.4 Å². The molecule has 0 spiro atoms. The number of nitrogens with one attached hydrogen (secondary N) is 1. The van der Waals surface area contributed by atoms with Gasteiger partial charge in [0, 0.05) is 12.0 Å². The average Bonchev–Trinajstić information content (AvgIpc) is 3.42. The van der Waals surface area contributed by atoms with E-state index in [-0.39, 0.29) is 41.8 Å². The second kappa shape index (κ2) is 14.2. The largest absolute Gasteiger partial charge is 0.449 e. The second-order valence-corrected chi connectivity index (χ2v) is 12.5. The molecule has 4 rings (SSSR count). The Hall–Kier alpha value is -3.43. The lowest BCUT2D eigenvalue weighted by molar-refractivity contribution is -0.120. The summed E-state index contributed by atoms with van der Waals surface area (Å²) in [5.41, 5.74) is 12.3. The SMILES string of the molecule is CC(C)n1nc([C@@H](C(=O)Nc2ccc([C@H](C)COC(N)=O)cc2F)C(C2CCCCC2)C2CCCCC2)cc1C(N)=O. The smallest absolute Gasteiger partial charge is 0.404 e. The molecule has 5 N–H and O–H groups in total. The molecule has 0 unspecified atom stereocenters. The van der Waals surface area contributed by atoms with Crippen LogP contribution in [0.5, 0.6) is 0 Å². The number of nitrogens with two attached hydrogens (primary N) is 2. The van der Waals surface area contributed by atoms with E-state index in [1.807, 2.05) is 13.8 Å². The fourth-order valence-electron chi connectivity index (χ4n) is 7.07. The Morgan fingerprint density at radius 3 is 2.05 bits per heavy atom. The molecule has 9 nitrogen and oxygen atoms in total. The van der Waals surface area contributed by atoms with Gasteiger partial charge in [-0.3, -0.25) is 14.3 Å². The van der Waals surface area contributed by atoms with Crippen molar-refractivity contribution in [2.24, 2.45) is 29.2 Å². The first-order chi connectivity index (χ1) is 20.1. The van der Waals surface area contributed by atoms with Crippen LogP contribution in [-0.2, 0) is 9.53 Å². The van der Waals surface area contributed by atoms with Gasteiger partial charge in [-0.25, -0.2) is 9.18 Å². The molecule has 230 valence electrons. The number of carbonyl (C=O) groups excluding carboxylic acids is 3. The van der Waals surface area contributed by atoms with Crippen LogP contribution in [0.3, 0.4) is 0 Å². The molecule has 1 heterocycles. The summed E-state index contributed by atoms with van der Waals surface area (Å²) >= 11 is 0. The molecule has 0 radical (unpaired) electrons. The molecule has 42 heavy (non-hydrogen) atoms. The van der Waals surface area contributed by atoms with Crippen molar-refractivity contribution in [3.8, 4) is 0 Å². The van der Waals surface area contributed by atoms with E-state index in [1.165, 1.54) is 25.0 Å². The van der Waals surface area contributed by atoms with E-state index in [2.05, 4.69) is 5.32 Å². The van der Waals surface area contributed by atoms with Crippen molar-refractivity contribution in [2.45, 2.75) is 103 Å². The van der Waals surface area contributed by atoms with Crippen LogP contribution in [0.4, 0.5) is 14.9 Å². The maximum atomic E-state index is 15.4. The highest BCUT2D eigenvalue weighted by Gasteiger charge is 2.43. The van der Waals surface area contributed by atoms with Crippen LogP contribution in [0.25, 0.3) is 0 Å². The van der Waals surface area contributed by atoms with E-state index in [9.17, 15) is 14.4 Å². The highest BCUT2D eigenvalue weighted by atomic mass is 19.1. The first-order valence-corrected chi connectivity index (χ1v) is 15.5. The van der Waals surface area contributed by atoms with Crippen molar-refractivity contribution < 1.29 is 23.5 Å². The van der Waals surface area contributed by atoms with Gasteiger partial charge in [0.25, 0.3) is 5.91 Å². The van der Waals surface area contributed by atoms with Crippen LogP contribution in [0.1, 0.15) is 125 Å². The molecule has 2 atom stereocenters. The lowest BCUT2D eigenvalue weighted by atomic mass is 9.64. The van der Waals surface area contributed by atoms with Gasteiger partial charge in [0.05, 0.1) is 23.9 Å². The zero-order valence-electron chi connectivity index (χ0n) is 25.1. The number of nitrogens with zero attached hydrogens (tertiary/aromatic N) is 2. The number of amides is 3. The summed E-state index contributed by atoms with van der Waals surface area (Å²) in [5, 5.41) is 7.69. The van der Waals surface area contributed by atoms with E-state index in [4.69, 9.17) is 21.3 Å². The third-order valence-electron chi connectivity index (χ3n) is 9.17. The monoisotopic (exact) mass is 583 g/mol. The quantitative estimate of drug-likeness (QED) is 0.281. The molecule has 2 aromatic rings. The van der Waals surface area contributed by atoms with Crippen LogP contribution in [0, 0.1) is 23.6 Å². The fourth-order valence-corrected chi connectivity index (χ4v) is 7.07. The summed E-state index contributed by atoms with van der Waals surface area (Å²) in [6.45, 7) is 5.66. The van der Waals surface area contributed by atoms with Crippen molar-refractivity contribution in [1.29, 1.82) is 0 Å². The molecular weight excluding hydrogens is 537 g/mol. The van der Waals surface area contributed by atoms with Crippen molar-refractivity contribution in [3.05, 3.63) is 47.0 Å². The van der Waals surface area contributed by atoms with Crippen LogP contribution in [-0.4, -0.2) is 34.3 Å². The number of hydrogen-bond acceptors (Lipinski definition) is 5. The third-order valence-corrected chi connectivity index (χ3v) is 9.17. The normalized spacial score (nSPS) is 18.1. The fraction of sp³-hybridized carbons (Fsp3) is 0.625. The number of aromatic nitrogens is 2. The second-order valence-electron chi connectivity index (χ2n) is 12.5. The molecular formula is C32H46FN5O4. The van der Waals surface area contributed by atoms with E-state index in [0.29, 0.717) is 23.1 Å². The average molecular weight is 584 g/mol. The number of primary amides is 2. The van der Waals surface area contributed by atoms with Gasteiger partial charge < -0.3 is 21.5 Å². The summed E-state index contributed by atoms with van der Waals surface area (Å²) in [6.07, 6.45) is 10.2. The topological polar surface area (TPSA) is 142 Å². The standard InChI is InChI=1S/C32H46FN5O4/c1-19(2)38-27(30(34)39)17-26(37-38)29(28(21-10-6-4-7-11-21)22-12-8-5-9-13-22)31(40)36-25-15-14-23(16-24(25)33)20(3)18-42-32(35)41/h14-17,19-22,28-29H,4-13,18H2,1-3H3,(H2,34,39)(H2,35,41)(H,36,40)/t20-,29-/m1/s1. The van der Waals surface area contributed by atoms with E-state index < -0.39 is 23.7 Å². The maximum Gasteiger partial charge on any atom is 0.404 e. The minimum Gasteiger partial charge on any atom is -0.449 e. The first kappa shape index (κ1) is 31.5. The van der Waals surface area contributed by atoms with E-state index in [1.54, 1.807) is 23.7 Å². The minimum atomic E-state index is -0.887. The van der Waals surface area contributed by atoms with Gasteiger partial charge in [0.15, 0.2) is 0 Å². The number of rotatable bonds is 11. The molecule has 3 amide bonds. The lowest BCUT2D eigenvalue weighted by Gasteiger charge is -2.41. The highest BCUT2D eigenvalue weighted by molar-refractivity contribution is 5.97. The number of benzene rings is 1. The number of halogens is 1. The van der Waals surface area contributed by atoms with Crippen LogP contribution >= 0.6 is 0 Å². The molecule has 2 aliphatic carbocycles. The molecule has 2 fully saturated rings. The van der Waals surface area contributed by atoms with Gasteiger partial charge in [-0.15, -0.1) is 0 Å². The van der Waals surface area contributed by atoms with E-state index in [0.717, 1.165) is 51.4 Å². The Labute approximate surface area is 247 Å². The molecule has 2 saturated carbocycles. The summed E-state index contributed by atoms with van der Waals surface area (Å²) < 4.78 is 21.9. The lowest BCUT2D eigenvalue weighted by Crippen LogP contribution is -2.38. The maximum absolute atomic E-state index is 15.4.